The van der Waals surface area contributed by atoms with Crippen molar-refractivity contribution in [3.63, 3.8) is 0 Å². The Hall–Kier alpha value is -2.41. The number of fused-ring (bicyclic) bond motifs is 1. The van der Waals surface area contributed by atoms with Crippen molar-refractivity contribution in [1.82, 2.24) is 9.80 Å². The van der Waals surface area contributed by atoms with Crippen LogP contribution in [0, 0.1) is 5.92 Å². The van der Waals surface area contributed by atoms with Crippen LogP contribution >= 0.6 is 23.2 Å². The smallest absolute Gasteiger partial charge is 0.303 e. The summed E-state index contributed by atoms with van der Waals surface area (Å²) in [6, 6.07) is 14.9. The maximum Gasteiger partial charge on any atom is 0.303 e. The van der Waals surface area contributed by atoms with Gasteiger partial charge in [-0.3, -0.25) is 19.3 Å². The molecule has 0 saturated carbocycles. The number of aryl methyl sites for hydroxylation is 2. The normalized spacial score (nSPS) is 22.7. The van der Waals surface area contributed by atoms with Crippen molar-refractivity contribution in [2.24, 2.45) is 5.92 Å². The summed E-state index contributed by atoms with van der Waals surface area (Å²) < 4.78 is 0. The molecule has 204 valence electrons. The van der Waals surface area contributed by atoms with Crippen molar-refractivity contribution in [1.29, 1.82) is 0 Å². The van der Waals surface area contributed by atoms with Gasteiger partial charge in [0.1, 0.15) is 0 Å². The molecule has 2 aromatic carbocycles. The fraction of sp³-hybridized carbons (Fsp3) is 0.500. The van der Waals surface area contributed by atoms with E-state index in [4.69, 9.17) is 23.2 Å². The molecule has 2 heterocycles. The second kappa shape index (κ2) is 13.1. The molecule has 0 aromatic heterocycles. The van der Waals surface area contributed by atoms with Crippen LogP contribution in [0.4, 0.5) is 0 Å². The first kappa shape index (κ1) is 28.6. The van der Waals surface area contributed by atoms with Crippen molar-refractivity contribution in [2.45, 2.75) is 76.4 Å². The Morgan fingerprint density at radius 2 is 1.79 bits per heavy atom. The molecule has 8 heteroatoms. The maximum atomic E-state index is 13.9. The first-order valence-electron chi connectivity index (χ1n) is 13.5. The van der Waals surface area contributed by atoms with Crippen LogP contribution < -0.4 is 0 Å². The van der Waals surface area contributed by atoms with Crippen molar-refractivity contribution in [3.8, 4) is 0 Å². The third kappa shape index (κ3) is 7.16. The summed E-state index contributed by atoms with van der Waals surface area (Å²) in [4.78, 5) is 42.9. The zero-order valence-electron chi connectivity index (χ0n) is 21.8. The third-order valence-electron chi connectivity index (χ3n) is 7.92. The number of benzene rings is 2. The molecule has 0 aliphatic carbocycles. The number of Topliss-reactive ketones (excluding diaryl/α,β-unsaturated/α-hetero) is 1. The summed E-state index contributed by atoms with van der Waals surface area (Å²) in [5, 5.41) is 10.3. The zero-order chi connectivity index (χ0) is 27.2. The molecule has 0 radical (unpaired) electrons. The molecule has 2 aromatic rings. The molecule has 4 atom stereocenters. The van der Waals surface area contributed by atoms with E-state index in [2.05, 4.69) is 24.0 Å². The maximum absolute atomic E-state index is 13.9. The van der Waals surface area contributed by atoms with Crippen LogP contribution in [0.5, 0.6) is 0 Å². The minimum atomic E-state index is -0.966. The van der Waals surface area contributed by atoms with Crippen LogP contribution in [-0.4, -0.2) is 63.8 Å². The van der Waals surface area contributed by atoms with Crippen LogP contribution in [0.25, 0.3) is 0 Å². The number of carboxylic acids is 1. The minimum absolute atomic E-state index is 0.0326. The van der Waals surface area contributed by atoms with Crippen LogP contribution in [-0.2, 0) is 27.2 Å². The molecular formula is C30H36Cl2N2O4. The lowest BCUT2D eigenvalue weighted by atomic mass is 9.97. The first-order chi connectivity index (χ1) is 18.2. The Morgan fingerprint density at radius 1 is 1.03 bits per heavy atom. The summed E-state index contributed by atoms with van der Waals surface area (Å²) in [5.41, 5.74) is 2.16. The monoisotopic (exact) mass is 558 g/mol. The zero-order valence-corrected chi connectivity index (χ0v) is 23.3. The van der Waals surface area contributed by atoms with Gasteiger partial charge in [0, 0.05) is 32.0 Å². The van der Waals surface area contributed by atoms with E-state index in [9.17, 15) is 19.5 Å². The highest BCUT2D eigenvalue weighted by atomic mass is 35.5. The molecule has 2 aliphatic heterocycles. The number of rotatable bonds is 11. The van der Waals surface area contributed by atoms with Gasteiger partial charge in [-0.25, -0.2) is 0 Å². The number of aliphatic carboxylic acids is 1. The Bertz CT molecular complexity index is 1140. The van der Waals surface area contributed by atoms with Gasteiger partial charge >= 0.3 is 5.97 Å². The lowest BCUT2D eigenvalue weighted by Crippen LogP contribution is -2.50. The lowest BCUT2D eigenvalue weighted by molar-refractivity contribution is -0.144. The number of ketones is 1. The fourth-order valence-electron chi connectivity index (χ4n) is 5.96. The first-order valence-corrected chi connectivity index (χ1v) is 14.3. The van der Waals surface area contributed by atoms with Gasteiger partial charge in [-0.1, -0.05) is 66.5 Å². The van der Waals surface area contributed by atoms with Crippen molar-refractivity contribution in [2.75, 3.05) is 13.1 Å². The molecule has 0 spiro atoms. The molecule has 2 fully saturated rings. The van der Waals surface area contributed by atoms with E-state index in [0.717, 1.165) is 37.8 Å². The molecule has 1 amide bonds. The average Bonchev–Trinajstić information content (AvgIpc) is 3.24. The van der Waals surface area contributed by atoms with Crippen LogP contribution in [0.3, 0.4) is 0 Å². The third-order valence-corrected chi connectivity index (χ3v) is 8.66. The van der Waals surface area contributed by atoms with Crippen molar-refractivity contribution in [3.05, 3.63) is 69.7 Å². The number of hydrogen-bond donors (Lipinski definition) is 1. The van der Waals surface area contributed by atoms with Gasteiger partial charge in [-0.2, -0.15) is 0 Å². The van der Waals surface area contributed by atoms with Gasteiger partial charge in [0.25, 0.3) is 0 Å². The lowest BCUT2D eigenvalue weighted by Gasteiger charge is -2.32. The number of halogens is 2. The highest BCUT2D eigenvalue weighted by Crippen LogP contribution is 2.33. The topological polar surface area (TPSA) is 77.9 Å². The van der Waals surface area contributed by atoms with Gasteiger partial charge in [-0.05, 0) is 67.7 Å². The Kier molecular flexibility index (Phi) is 9.85. The number of hydrogen-bond acceptors (Lipinski definition) is 4. The molecule has 1 N–H and O–H groups in total. The molecular weight excluding hydrogens is 523 g/mol. The fourth-order valence-corrected chi connectivity index (χ4v) is 6.28. The summed E-state index contributed by atoms with van der Waals surface area (Å²) in [5.74, 6) is -0.710. The predicted molar refractivity (Wildman–Crippen MR) is 150 cm³/mol. The predicted octanol–water partition coefficient (Wildman–Crippen LogP) is 5.67. The van der Waals surface area contributed by atoms with E-state index in [1.165, 1.54) is 5.56 Å². The highest BCUT2D eigenvalue weighted by molar-refractivity contribution is 6.42. The molecule has 1 unspecified atom stereocenters. The van der Waals surface area contributed by atoms with E-state index >= 15 is 0 Å². The number of carbonyl (C=O) groups excluding carboxylic acids is 2. The second-order valence-corrected chi connectivity index (χ2v) is 11.5. The molecule has 2 saturated heterocycles. The van der Waals surface area contributed by atoms with Gasteiger partial charge in [0.2, 0.25) is 5.91 Å². The van der Waals surface area contributed by atoms with E-state index in [0.29, 0.717) is 28.9 Å². The Balaban J connectivity index is 1.51. The van der Waals surface area contributed by atoms with E-state index in [1.807, 2.05) is 24.3 Å². The van der Waals surface area contributed by atoms with Gasteiger partial charge in [-0.15, -0.1) is 0 Å². The van der Waals surface area contributed by atoms with Crippen LogP contribution in [0.15, 0.2) is 48.5 Å². The summed E-state index contributed by atoms with van der Waals surface area (Å²) in [6.45, 7) is 3.50. The Labute approximate surface area is 234 Å². The SMILES string of the molecule is C[C@@H]1C[C@H]2C(=O)N([C@H](CCC(=O)O)C(=O)CCc3ccc(Cl)c(Cl)c3)CCC(CCc3ccccc3)N2C1. The molecule has 2 aliphatic rings. The molecule has 6 nitrogen and oxygen atoms in total. The highest BCUT2D eigenvalue weighted by Gasteiger charge is 2.45. The molecule has 38 heavy (non-hydrogen) atoms. The number of amides is 1. The minimum Gasteiger partial charge on any atom is -0.481 e. The van der Waals surface area contributed by atoms with Crippen molar-refractivity contribution >= 4 is 40.9 Å². The second-order valence-electron chi connectivity index (χ2n) is 10.7. The van der Waals surface area contributed by atoms with Crippen LogP contribution in [0.1, 0.15) is 56.6 Å². The van der Waals surface area contributed by atoms with Gasteiger partial charge in [0.05, 0.1) is 22.1 Å². The quantitative estimate of drug-likeness (QED) is 0.384. The van der Waals surface area contributed by atoms with Crippen LogP contribution in [0.2, 0.25) is 10.0 Å². The standard InChI is InChI=1S/C30H36Cl2N2O4/c1-20-17-27-30(38)33(16-15-23(34(27)19-20)10-7-21-5-3-2-4-6-21)26(12-14-29(36)37)28(35)13-9-22-8-11-24(31)25(32)18-22/h2-6,8,11,18,20,23,26-27H,7,9-10,12-17,19H2,1H3,(H,36,37)/t20-,23?,26-,27+/m1/s1. The van der Waals surface area contributed by atoms with E-state index in [-0.39, 0.29) is 43.0 Å². The summed E-state index contributed by atoms with van der Waals surface area (Å²) in [6.07, 6.45) is 4.03. The van der Waals surface area contributed by atoms with E-state index in [1.54, 1.807) is 17.0 Å². The molecule has 4 rings (SSSR count). The average molecular weight is 560 g/mol. The number of carbonyl (C=O) groups is 3. The number of nitrogens with zero attached hydrogens (tertiary/aromatic N) is 2. The Morgan fingerprint density at radius 3 is 2.50 bits per heavy atom. The van der Waals surface area contributed by atoms with E-state index < -0.39 is 12.0 Å². The summed E-state index contributed by atoms with van der Waals surface area (Å²) >= 11 is 12.2. The van der Waals surface area contributed by atoms with Crippen molar-refractivity contribution < 1.29 is 19.5 Å². The molecule has 0 bridgehead atoms. The van der Waals surface area contributed by atoms with Gasteiger partial charge < -0.3 is 10.0 Å². The summed E-state index contributed by atoms with van der Waals surface area (Å²) in [7, 11) is 0. The number of carboxylic acid groups (broad SMARTS) is 1. The largest absolute Gasteiger partial charge is 0.481 e. The van der Waals surface area contributed by atoms with Gasteiger partial charge in [0.15, 0.2) is 5.78 Å².